The van der Waals surface area contributed by atoms with Crippen LogP contribution >= 0.6 is 11.6 Å². The van der Waals surface area contributed by atoms with Crippen molar-refractivity contribution in [1.29, 1.82) is 0 Å². The Labute approximate surface area is 117 Å². The van der Waals surface area contributed by atoms with Crippen LogP contribution in [0.5, 0.6) is 0 Å². The van der Waals surface area contributed by atoms with Crippen LogP contribution in [0.2, 0.25) is 5.28 Å². The minimum Gasteiger partial charge on any atom is -0.341 e. The van der Waals surface area contributed by atoms with Gasteiger partial charge >= 0.3 is 0 Å². The van der Waals surface area contributed by atoms with E-state index in [2.05, 4.69) is 33.8 Å². The molecule has 2 heterocycles. The lowest BCUT2D eigenvalue weighted by Crippen LogP contribution is -2.25. The molecule has 0 N–H and O–H groups in total. The van der Waals surface area contributed by atoms with Gasteiger partial charge in [-0.2, -0.15) is 9.97 Å². The third-order valence-electron chi connectivity index (χ3n) is 2.80. The van der Waals surface area contributed by atoms with Crippen LogP contribution in [-0.4, -0.2) is 33.0 Å². The van der Waals surface area contributed by atoms with Crippen molar-refractivity contribution in [2.45, 2.75) is 20.3 Å². The van der Waals surface area contributed by atoms with Crippen molar-refractivity contribution in [2.24, 2.45) is 0 Å². The zero-order valence-electron chi connectivity index (χ0n) is 11.0. The van der Waals surface area contributed by atoms with E-state index in [0.29, 0.717) is 18.2 Å². The molecule has 0 aliphatic heterocycles. The van der Waals surface area contributed by atoms with Gasteiger partial charge in [0.25, 0.3) is 0 Å². The summed E-state index contributed by atoms with van der Waals surface area (Å²) in [4.78, 5) is 18.9. The molecular weight excluding hydrogens is 262 g/mol. The van der Waals surface area contributed by atoms with Crippen LogP contribution in [0.4, 0.5) is 5.95 Å². The summed E-state index contributed by atoms with van der Waals surface area (Å²) in [7, 11) is 0. The topological polar surface area (TPSA) is 54.8 Å². The number of rotatable bonds is 5. The van der Waals surface area contributed by atoms with Gasteiger partial charge in [-0.15, -0.1) is 0 Å². The first-order valence-electron chi connectivity index (χ1n) is 6.27. The minimum atomic E-state index is 0.237. The summed E-state index contributed by atoms with van der Waals surface area (Å²) in [6.07, 6.45) is 4.13. The maximum atomic E-state index is 5.97. The Morgan fingerprint density at radius 1 is 1.05 bits per heavy atom. The van der Waals surface area contributed by atoms with Gasteiger partial charge in [-0.1, -0.05) is 0 Å². The number of hydrogen-bond acceptors (Lipinski definition) is 5. The fourth-order valence-corrected chi connectivity index (χ4v) is 1.96. The predicted octanol–water partition coefficient (Wildman–Crippen LogP) is 2.36. The van der Waals surface area contributed by atoms with Gasteiger partial charge in [0.1, 0.15) is 5.82 Å². The highest BCUT2D eigenvalue weighted by atomic mass is 35.5. The van der Waals surface area contributed by atoms with E-state index in [1.807, 2.05) is 17.0 Å². The van der Waals surface area contributed by atoms with Crippen LogP contribution in [-0.2, 0) is 6.42 Å². The summed E-state index contributed by atoms with van der Waals surface area (Å²) in [5.41, 5.74) is 1.10. The molecule has 0 spiro atoms. The third kappa shape index (κ3) is 3.61. The van der Waals surface area contributed by atoms with E-state index < -0.39 is 0 Å². The second kappa shape index (κ2) is 6.43. The Bertz CT molecular complexity index is 528. The number of halogens is 1. The number of anilines is 1. The van der Waals surface area contributed by atoms with Crippen molar-refractivity contribution < 1.29 is 0 Å². The average Bonchev–Trinajstić information content (AvgIpc) is 2.40. The van der Waals surface area contributed by atoms with Gasteiger partial charge < -0.3 is 4.90 Å². The van der Waals surface area contributed by atoms with Gasteiger partial charge in [-0.3, -0.25) is 4.98 Å². The molecule has 2 aromatic rings. The highest BCUT2D eigenvalue weighted by Gasteiger charge is 2.10. The van der Waals surface area contributed by atoms with Crippen molar-refractivity contribution in [2.75, 3.05) is 18.0 Å². The summed E-state index contributed by atoms with van der Waals surface area (Å²) < 4.78 is 0. The fourth-order valence-electron chi connectivity index (χ4n) is 1.79. The zero-order valence-corrected chi connectivity index (χ0v) is 11.8. The van der Waals surface area contributed by atoms with E-state index in [0.717, 1.165) is 18.7 Å². The SMILES string of the molecule is CCN(CC)c1nc(Cl)nc(Cc2ccncc2)n1. The van der Waals surface area contributed by atoms with Crippen molar-refractivity contribution in [3.63, 3.8) is 0 Å². The summed E-state index contributed by atoms with van der Waals surface area (Å²) in [6.45, 7) is 5.80. The van der Waals surface area contributed by atoms with Gasteiger partial charge in [0, 0.05) is 31.9 Å². The molecule has 6 heteroatoms. The maximum Gasteiger partial charge on any atom is 0.229 e. The molecule has 5 nitrogen and oxygen atoms in total. The molecule has 0 fully saturated rings. The average molecular weight is 278 g/mol. The van der Waals surface area contributed by atoms with Crippen LogP contribution in [0.1, 0.15) is 25.2 Å². The first kappa shape index (κ1) is 13.7. The lowest BCUT2D eigenvalue weighted by Gasteiger charge is -2.18. The summed E-state index contributed by atoms with van der Waals surface area (Å²) >= 11 is 5.97. The highest BCUT2D eigenvalue weighted by molar-refractivity contribution is 6.28. The Hall–Kier alpha value is -1.75. The molecule has 0 aliphatic carbocycles. The molecular formula is C13H16ClN5. The largest absolute Gasteiger partial charge is 0.341 e. The Morgan fingerprint density at radius 3 is 2.37 bits per heavy atom. The van der Waals surface area contributed by atoms with Crippen LogP contribution in [0.15, 0.2) is 24.5 Å². The predicted molar refractivity (Wildman–Crippen MR) is 75.4 cm³/mol. The van der Waals surface area contributed by atoms with Gasteiger partial charge in [0.2, 0.25) is 11.2 Å². The lowest BCUT2D eigenvalue weighted by atomic mass is 10.2. The summed E-state index contributed by atoms with van der Waals surface area (Å²) in [6, 6.07) is 3.88. The first-order valence-corrected chi connectivity index (χ1v) is 6.65. The molecule has 0 amide bonds. The molecule has 100 valence electrons. The number of pyridine rings is 1. The van der Waals surface area contributed by atoms with E-state index in [1.54, 1.807) is 12.4 Å². The maximum absolute atomic E-state index is 5.97. The van der Waals surface area contributed by atoms with Gasteiger partial charge in [-0.05, 0) is 43.1 Å². The highest BCUT2D eigenvalue weighted by Crippen LogP contribution is 2.13. The van der Waals surface area contributed by atoms with Gasteiger partial charge in [0.15, 0.2) is 0 Å². The van der Waals surface area contributed by atoms with Crippen molar-refractivity contribution >= 4 is 17.5 Å². The van der Waals surface area contributed by atoms with E-state index in [4.69, 9.17) is 11.6 Å². The van der Waals surface area contributed by atoms with Crippen molar-refractivity contribution in [3.05, 3.63) is 41.2 Å². The zero-order chi connectivity index (χ0) is 13.7. The molecule has 0 aliphatic rings. The summed E-state index contributed by atoms with van der Waals surface area (Å²) in [5.74, 6) is 1.31. The van der Waals surface area contributed by atoms with Crippen molar-refractivity contribution in [3.8, 4) is 0 Å². The monoisotopic (exact) mass is 277 g/mol. The normalized spacial score (nSPS) is 10.5. The van der Waals surface area contributed by atoms with E-state index >= 15 is 0 Å². The Morgan fingerprint density at radius 2 is 1.74 bits per heavy atom. The van der Waals surface area contributed by atoms with Crippen molar-refractivity contribution in [1.82, 2.24) is 19.9 Å². The molecule has 0 radical (unpaired) electrons. The van der Waals surface area contributed by atoms with E-state index in [9.17, 15) is 0 Å². The second-order valence-corrected chi connectivity index (χ2v) is 4.36. The number of hydrogen-bond donors (Lipinski definition) is 0. The van der Waals surface area contributed by atoms with E-state index in [1.165, 1.54) is 0 Å². The molecule has 19 heavy (non-hydrogen) atoms. The quantitative estimate of drug-likeness (QED) is 0.840. The lowest BCUT2D eigenvalue weighted by molar-refractivity contribution is 0.793. The van der Waals surface area contributed by atoms with Gasteiger partial charge in [-0.25, -0.2) is 4.98 Å². The number of aromatic nitrogens is 4. The van der Waals surface area contributed by atoms with Crippen LogP contribution in [0, 0.1) is 0 Å². The second-order valence-electron chi connectivity index (χ2n) is 4.03. The molecule has 0 unspecified atom stereocenters. The third-order valence-corrected chi connectivity index (χ3v) is 2.97. The fraction of sp³-hybridized carbons (Fsp3) is 0.385. The molecule has 2 aromatic heterocycles. The van der Waals surface area contributed by atoms with Crippen LogP contribution in [0.3, 0.4) is 0 Å². The van der Waals surface area contributed by atoms with Gasteiger partial charge in [0.05, 0.1) is 0 Å². The standard InChI is InChI=1S/C13H16ClN5/c1-3-19(4-2)13-17-11(16-12(14)18-13)9-10-5-7-15-8-6-10/h5-8H,3-4,9H2,1-2H3. The molecule has 0 atom stereocenters. The Balaban J connectivity index is 2.26. The van der Waals surface area contributed by atoms with Crippen LogP contribution in [0.25, 0.3) is 0 Å². The van der Waals surface area contributed by atoms with E-state index in [-0.39, 0.29) is 5.28 Å². The molecule has 0 bridgehead atoms. The Kier molecular flexibility index (Phi) is 4.63. The molecule has 2 rings (SSSR count). The molecule has 0 saturated heterocycles. The minimum absolute atomic E-state index is 0.237. The number of nitrogens with zero attached hydrogens (tertiary/aromatic N) is 5. The molecule has 0 aromatic carbocycles. The van der Waals surface area contributed by atoms with Crippen LogP contribution < -0.4 is 4.90 Å². The first-order chi connectivity index (χ1) is 9.22. The smallest absolute Gasteiger partial charge is 0.229 e. The molecule has 0 saturated carbocycles. The summed E-state index contributed by atoms with van der Waals surface area (Å²) in [5, 5.41) is 0.237.